The maximum absolute atomic E-state index is 11.4. The topological polar surface area (TPSA) is 60.2 Å². The molecule has 0 spiro atoms. The normalized spacial score (nSPS) is 13.2. The van der Waals surface area contributed by atoms with Crippen molar-refractivity contribution in [3.05, 3.63) is 54.1 Å². The highest BCUT2D eigenvalue weighted by atomic mass is 32.2. The average molecular weight is 275 g/mol. The summed E-state index contributed by atoms with van der Waals surface area (Å²) in [6.45, 7) is 1.94. The van der Waals surface area contributed by atoms with Gasteiger partial charge < -0.3 is 5.73 Å². The first-order valence-corrected chi connectivity index (χ1v) is 7.93. The van der Waals surface area contributed by atoms with E-state index in [4.69, 9.17) is 5.73 Å². The summed E-state index contributed by atoms with van der Waals surface area (Å²) in [7, 11) is -3.14. The van der Waals surface area contributed by atoms with E-state index in [1.165, 1.54) is 6.26 Å². The number of rotatable bonds is 3. The van der Waals surface area contributed by atoms with Crippen LogP contribution in [0.2, 0.25) is 0 Å². The summed E-state index contributed by atoms with van der Waals surface area (Å²) in [4.78, 5) is 0.333. The van der Waals surface area contributed by atoms with Crippen molar-refractivity contribution in [2.45, 2.75) is 17.9 Å². The van der Waals surface area contributed by atoms with Crippen LogP contribution in [0.4, 0.5) is 0 Å². The molecule has 0 aliphatic rings. The Morgan fingerprint density at radius 2 is 1.63 bits per heavy atom. The van der Waals surface area contributed by atoms with Gasteiger partial charge in [-0.25, -0.2) is 8.42 Å². The second-order valence-electron chi connectivity index (χ2n) is 4.71. The number of nitrogens with two attached hydrogens (primary N) is 1. The van der Waals surface area contributed by atoms with Crippen molar-refractivity contribution in [2.24, 2.45) is 5.73 Å². The first kappa shape index (κ1) is 13.8. The molecule has 0 saturated carbocycles. The molecule has 0 fully saturated rings. The van der Waals surface area contributed by atoms with E-state index >= 15 is 0 Å². The van der Waals surface area contributed by atoms with Gasteiger partial charge in [0, 0.05) is 12.3 Å². The van der Waals surface area contributed by atoms with Gasteiger partial charge in [0.1, 0.15) is 0 Å². The molecule has 19 heavy (non-hydrogen) atoms. The highest BCUT2D eigenvalue weighted by molar-refractivity contribution is 7.90. The Kier molecular flexibility index (Phi) is 3.73. The van der Waals surface area contributed by atoms with Gasteiger partial charge >= 0.3 is 0 Å². The minimum atomic E-state index is -3.14. The molecule has 0 aliphatic heterocycles. The molecule has 0 amide bonds. The number of sulfone groups is 1. The molecule has 0 bridgehead atoms. The van der Waals surface area contributed by atoms with E-state index in [1.807, 2.05) is 43.3 Å². The lowest BCUT2D eigenvalue weighted by Gasteiger charge is -2.09. The molecule has 2 rings (SSSR count). The van der Waals surface area contributed by atoms with Crippen LogP contribution in [0.5, 0.6) is 0 Å². The van der Waals surface area contributed by atoms with E-state index in [0.717, 1.165) is 16.7 Å². The van der Waals surface area contributed by atoms with Gasteiger partial charge in [0.25, 0.3) is 0 Å². The van der Waals surface area contributed by atoms with Gasteiger partial charge in [-0.2, -0.15) is 0 Å². The van der Waals surface area contributed by atoms with Crippen LogP contribution in [-0.2, 0) is 9.84 Å². The fourth-order valence-electron chi connectivity index (χ4n) is 1.90. The molecule has 0 heterocycles. The molecule has 2 aromatic carbocycles. The molecule has 0 saturated heterocycles. The predicted molar refractivity (Wildman–Crippen MR) is 77.6 cm³/mol. The molecule has 0 aliphatic carbocycles. The maximum Gasteiger partial charge on any atom is 0.175 e. The third kappa shape index (κ3) is 3.22. The van der Waals surface area contributed by atoms with Crippen molar-refractivity contribution in [1.82, 2.24) is 0 Å². The van der Waals surface area contributed by atoms with Gasteiger partial charge in [0.05, 0.1) is 4.90 Å². The lowest BCUT2D eigenvalue weighted by atomic mass is 10.0. The van der Waals surface area contributed by atoms with Crippen molar-refractivity contribution in [3.63, 3.8) is 0 Å². The van der Waals surface area contributed by atoms with Crippen LogP contribution in [0.1, 0.15) is 18.5 Å². The Bertz CT molecular complexity index is 674. The molecule has 1 atom stereocenters. The van der Waals surface area contributed by atoms with E-state index in [-0.39, 0.29) is 6.04 Å². The molecule has 100 valence electrons. The van der Waals surface area contributed by atoms with E-state index in [2.05, 4.69) is 0 Å². The van der Waals surface area contributed by atoms with Gasteiger partial charge in [0.15, 0.2) is 9.84 Å². The molecule has 4 heteroatoms. The smallest absolute Gasteiger partial charge is 0.175 e. The van der Waals surface area contributed by atoms with Crippen LogP contribution < -0.4 is 5.73 Å². The number of hydrogen-bond donors (Lipinski definition) is 1. The van der Waals surface area contributed by atoms with E-state index in [1.54, 1.807) is 12.1 Å². The zero-order valence-corrected chi connectivity index (χ0v) is 11.8. The van der Waals surface area contributed by atoms with Crippen molar-refractivity contribution in [1.29, 1.82) is 0 Å². The molecular weight excluding hydrogens is 258 g/mol. The minimum absolute atomic E-state index is 0.0183. The van der Waals surface area contributed by atoms with Crippen LogP contribution in [-0.4, -0.2) is 14.7 Å². The molecule has 1 unspecified atom stereocenters. The summed E-state index contributed by atoms with van der Waals surface area (Å²) in [5.41, 5.74) is 8.94. The summed E-state index contributed by atoms with van der Waals surface area (Å²) in [5.74, 6) is 0. The summed E-state index contributed by atoms with van der Waals surface area (Å²) in [5, 5.41) is 0. The molecule has 0 aromatic heterocycles. The maximum atomic E-state index is 11.4. The summed E-state index contributed by atoms with van der Waals surface area (Å²) in [6, 6.07) is 14.8. The van der Waals surface area contributed by atoms with E-state index < -0.39 is 9.84 Å². The van der Waals surface area contributed by atoms with Crippen LogP contribution in [0.25, 0.3) is 11.1 Å². The van der Waals surface area contributed by atoms with Crippen molar-refractivity contribution in [2.75, 3.05) is 6.26 Å². The Morgan fingerprint density at radius 3 is 2.16 bits per heavy atom. The minimum Gasteiger partial charge on any atom is -0.324 e. The van der Waals surface area contributed by atoms with Crippen molar-refractivity contribution < 1.29 is 8.42 Å². The zero-order valence-electron chi connectivity index (χ0n) is 11.0. The lowest BCUT2D eigenvalue weighted by Crippen LogP contribution is -2.04. The Balaban J connectivity index is 2.40. The summed E-state index contributed by atoms with van der Waals surface area (Å²) < 4.78 is 22.8. The molecule has 3 nitrogen and oxygen atoms in total. The molecule has 2 N–H and O–H groups in total. The van der Waals surface area contributed by atoms with Gasteiger partial charge in [0.2, 0.25) is 0 Å². The third-order valence-electron chi connectivity index (χ3n) is 3.03. The van der Waals surface area contributed by atoms with Crippen LogP contribution >= 0.6 is 0 Å². The van der Waals surface area contributed by atoms with Crippen molar-refractivity contribution in [3.8, 4) is 11.1 Å². The molecule has 2 aromatic rings. The fraction of sp³-hybridized carbons (Fsp3) is 0.200. The second kappa shape index (κ2) is 5.15. The Morgan fingerprint density at radius 1 is 1.00 bits per heavy atom. The van der Waals surface area contributed by atoms with Crippen LogP contribution in [0.15, 0.2) is 53.4 Å². The number of hydrogen-bond acceptors (Lipinski definition) is 3. The summed E-state index contributed by atoms with van der Waals surface area (Å²) in [6.07, 6.45) is 1.21. The third-order valence-corrected chi connectivity index (χ3v) is 4.16. The SMILES string of the molecule is CC(N)c1cccc(-c2ccc(S(C)(=O)=O)cc2)c1. The Labute approximate surface area is 114 Å². The predicted octanol–water partition coefficient (Wildman–Crippen LogP) is 2.78. The zero-order chi connectivity index (χ0) is 14.0. The summed E-state index contributed by atoms with van der Waals surface area (Å²) >= 11 is 0. The highest BCUT2D eigenvalue weighted by Crippen LogP contribution is 2.23. The molecule has 0 radical (unpaired) electrons. The van der Waals surface area contributed by atoms with Crippen molar-refractivity contribution >= 4 is 9.84 Å². The van der Waals surface area contributed by atoms with E-state index in [0.29, 0.717) is 4.90 Å². The van der Waals surface area contributed by atoms with E-state index in [9.17, 15) is 8.42 Å². The largest absolute Gasteiger partial charge is 0.324 e. The quantitative estimate of drug-likeness (QED) is 0.937. The second-order valence-corrected chi connectivity index (χ2v) is 6.73. The van der Waals surface area contributed by atoms with Gasteiger partial charge in [-0.15, -0.1) is 0 Å². The standard InChI is InChI=1S/C15H17NO2S/c1-11(16)13-4-3-5-14(10-13)12-6-8-15(9-7-12)19(2,17)18/h3-11H,16H2,1-2H3. The molecular formula is C15H17NO2S. The fourth-order valence-corrected chi connectivity index (χ4v) is 2.53. The Hall–Kier alpha value is -1.65. The highest BCUT2D eigenvalue weighted by Gasteiger charge is 2.07. The van der Waals surface area contributed by atoms with Gasteiger partial charge in [-0.1, -0.05) is 30.3 Å². The first-order chi connectivity index (χ1) is 8.88. The average Bonchev–Trinajstić information content (AvgIpc) is 2.38. The number of benzene rings is 2. The lowest BCUT2D eigenvalue weighted by molar-refractivity contribution is 0.602. The van der Waals surface area contributed by atoms with Crippen LogP contribution in [0, 0.1) is 0 Å². The first-order valence-electron chi connectivity index (χ1n) is 6.04. The van der Waals surface area contributed by atoms with Crippen LogP contribution in [0.3, 0.4) is 0 Å². The monoisotopic (exact) mass is 275 g/mol. The van der Waals surface area contributed by atoms with Gasteiger partial charge in [-0.3, -0.25) is 0 Å². The van der Waals surface area contributed by atoms with Gasteiger partial charge in [-0.05, 0) is 41.8 Å².